The van der Waals surface area contributed by atoms with Crippen LogP contribution in [0.25, 0.3) is 0 Å². The lowest BCUT2D eigenvalue weighted by molar-refractivity contribution is 0.601. The van der Waals surface area contributed by atoms with Crippen LogP contribution in [0.2, 0.25) is 0 Å². The number of aromatic nitrogens is 3. The van der Waals surface area contributed by atoms with Crippen molar-refractivity contribution in [1.29, 1.82) is 0 Å². The first kappa shape index (κ1) is 11.4. The van der Waals surface area contributed by atoms with Gasteiger partial charge >= 0.3 is 0 Å². The highest BCUT2D eigenvalue weighted by molar-refractivity contribution is 5.36. The molecule has 2 aromatic heterocycles. The summed E-state index contributed by atoms with van der Waals surface area (Å²) < 4.78 is 13.4. The monoisotopic (exact) mass is 233 g/mol. The molecule has 0 fully saturated rings. The molecular weight excluding hydrogens is 221 g/mol. The predicted molar refractivity (Wildman–Crippen MR) is 61.6 cm³/mol. The molecule has 6 heteroatoms. The maximum atomic E-state index is 13.4. The fraction of sp³-hybridized carbons (Fsp3) is 0.182. The van der Waals surface area contributed by atoms with Crippen LogP contribution in [-0.2, 0) is 6.42 Å². The van der Waals surface area contributed by atoms with Crippen LogP contribution in [-0.4, -0.2) is 15.0 Å². The van der Waals surface area contributed by atoms with Crippen molar-refractivity contribution in [1.82, 2.24) is 15.0 Å². The van der Waals surface area contributed by atoms with Crippen LogP contribution in [0.4, 0.5) is 10.2 Å². The van der Waals surface area contributed by atoms with Crippen molar-refractivity contribution in [2.45, 2.75) is 13.3 Å². The number of nitrogens with two attached hydrogens (primary N) is 1. The molecule has 0 amide bonds. The molecule has 0 atom stereocenters. The standard InChI is InChI=1S/C11H12FN5/c1-7-10(12)11(17-13)16-9(15-7)6-8-4-2-3-5-14-8/h2-5H,6,13H2,1H3,(H,15,16,17). The number of hydrogen-bond donors (Lipinski definition) is 2. The van der Waals surface area contributed by atoms with E-state index < -0.39 is 5.82 Å². The normalized spacial score (nSPS) is 10.3. The van der Waals surface area contributed by atoms with E-state index in [2.05, 4.69) is 20.4 Å². The Morgan fingerprint density at radius 3 is 2.82 bits per heavy atom. The Morgan fingerprint density at radius 1 is 1.35 bits per heavy atom. The third-order valence-electron chi connectivity index (χ3n) is 2.27. The predicted octanol–water partition coefficient (Wildman–Crippen LogP) is 1.20. The maximum Gasteiger partial charge on any atom is 0.187 e. The van der Waals surface area contributed by atoms with E-state index in [1.165, 1.54) is 0 Å². The Morgan fingerprint density at radius 2 is 2.18 bits per heavy atom. The van der Waals surface area contributed by atoms with Crippen molar-refractivity contribution in [3.05, 3.63) is 47.4 Å². The number of hydrogen-bond acceptors (Lipinski definition) is 5. The molecule has 0 aromatic carbocycles. The Kier molecular flexibility index (Phi) is 3.24. The Balaban J connectivity index is 2.31. The summed E-state index contributed by atoms with van der Waals surface area (Å²) in [6.45, 7) is 1.57. The fourth-order valence-electron chi connectivity index (χ4n) is 1.46. The van der Waals surface area contributed by atoms with Gasteiger partial charge in [-0.05, 0) is 19.1 Å². The molecule has 2 rings (SSSR count). The van der Waals surface area contributed by atoms with Crippen LogP contribution >= 0.6 is 0 Å². The van der Waals surface area contributed by atoms with Gasteiger partial charge in [0.1, 0.15) is 5.82 Å². The average Bonchev–Trinajstić information content (AvgIpc) is 2.35. The molecule has 3 N–H and O–H groups in total. The molecule has 88 valence electrons. The molecule has 0 aliphatic rings. The van der Waals surface area contributed by atoms with Gasteiger partial charge < -0.3 is 5.43 Å². The van der Waals surface area contributed by atoms with Gasteiger partial charge in [-0.3, -0.25) is 4.98 Å². The van der Waals surface area contributed by atoms with E-state index in [1.54, 1.807) is 13.1 Å². The summed E-state index contributed by atoms with van der Waals surface area (Å²) in [6.07, 6.45) is 2.13. The molecule has 2 aromatic rings. The molecule has 17 heavy (non-hydrogen) atoms. The van der Waals surface area contributed by atoms with Crippen molar-refractivity contribution in [3.63, 3.8) is 0 Å². The number of halogens is 1. The van der Waals surface area contributed by atoms with E-state index in [0.29, 0.717) is 12.2 Å². The highest BCUT2D eigenvalue weighted by atomic mass is 19.1. The van der Waals surface area contributed by atoms with Gasteiger partial charge in [0, 0.05) is 11.9 Å². The molecule has 0 radical (unpaired) electrons. The highest BCUT2D eigenvalue weighted by Gasteiger charge is 2.10. The number of aryl methyl sites for hydroxylation is 1. The first-order valence-corrected chi connectivity index (χ1v) is 5.10. The molecule has 0 bridgehead atoms. The van der Waals surface area contributed by atoms with Gasteiger partial charge in [0.15, 0.2) is 11.6 Å². The second-order valence-corrected chi connectivity index (χ2v) is 3.53. The number of anilines is 1. The Labute approximate surface area is 97.9 Å². The van der Waals surface area contributed by atoms with Crippen molar-refractivity contribution in [2.75, 3.05) is 5.43 Å². The van der Waals surface area contributed by atoms with Gasteiger partial charge in [-0.2, -0.15) is 0 Å². The van der Waals surface area contributed by atoms with Gasteiger partial charge in [0.2, 0.25) is 0 Å². The van der Waals surface area contributed by atoms with Gasteiger partial charge in [-0.1, -0.05) is 6.07 Å². The number of hydrazine groups is 1. The quantitative estimate of drug-likeness (QED) is 0.615. The van der Waals surface area contributed by atoms with Crippen LogP contribution in [0, 0.1) is 12.7 Å². The first-order valence-electron chi connectivity index (χ1n) is 5.10. The van der Waals surface area contributed by atoms with Crippen molar-refractivity contribution >= 4 is 5.82 Å². The van der Waals surface area contributed by atoms with Gasteiger partial charge in [-0.25, -0.2) is 20.2 Å². The van der Waals surface area contributed by atoms with Crippen LogP contribution in [0.1, 0.15) is 17.2 Å². The zero-order valence-corrected chi connectivity index (χ0v) is 9.31. The lowest BCUT2D eigenvalue weighted by Crippen LogP contribution is -2.14. The first-order chi connectivity index (χ1) is 8.20. The zero-order chi connectivity index (χ0) is 12.3. The van der Waals surface area contributed by atoms with Crippen molar-refractivity contribution in [3.8, 4) is 0 Å². The molecule has 5 nitrogen and oxygen atoms in total. The SMILES string of the molecule is Cc1nc(Cc2ccccn2)nc(NN)c1F. The highest BCUT2D eigenvalue weighted by Crippen LogP contribution is 2.14. The van der Waals surface area contributed by atoms with E-state index in [-0.39, 0.29) is 11.5 Å². The third kappa shape index (κ3) is 2.54. The van der Waals surface area contributed by atoms with Crippen LogP contribution in [0.5, 0.6) is 0 Å². The minimum Gasteiger partial charge on any atom is -0.306 e. The smallest absolute Gasteiger partial charge is 0.187 e. The summed E-state index contributed by atoms with van der Waals surface area (Å²) in [7, 11) is 0. The maximum absolute atomic E-state index is 13.4. The minimum atomic E-state index is -0.530. The lowest BCUT2D eigenvalue weighted by atomic mass is 10.2. The lowest BCUT2D eigenvalue weighted by Gasteiger charge is -2.06. The van der Waals surface area contributed by atoms with E-state index in [1.807, 2.05) is 18.2 Å². The molecule has 2 heterocycles. The molecule has 0 aliphatic carbocycles. The van der Waals surface area contributed by atoms with E-state index in [0.717, 1.165) is 5.69 Å². The van der Waals surface area contributed by atoms with Gasteiger partial charge in [0.25, 0.3) is 0 Å². The topological polar surface area (TPSA) is 76.7 Å². The van der Waals surface area contributed by atoms with Crippen LogP contribution in [0.15, 0.2) is 24.4 Å². The van der Waals surface area contributed by atoms with Crippen LogP contribution in [0.3, 0.4) is 0 Å². The van der Waals surface area contributed by atoms with Crippen molar-refractivity contribution < 1.29 is 4.39 Å². The minimum absolute atomic E-state index is 0.00318. The van der Waals surface area contributed by atoms with Gasteiger partial charge in [0.05, 0.1) is 12.1 Å². The second kappa shape index (κ2) is 4.84. The number of rotatable bonds is 3. The third-order valence-corrected chi connectivity index (χ3v) is 2.27. The number of nitrogen functional groups attached to an aromatic ring is 1. The Bertz CT molecular complexity index is 515. The summed E-state index contributed by atoms with van der Waals surface area (Å²) in [5.74, 6) is 5.14. The molecule has 0 unspecified atom stereocenters. The molecular formula is C11H12FN5. The van der Waals surface area contributed by atoms with E-state index in [4.69, 9.17) is 5.84 Å². The zero-order valence-electron chi connectivity index (χ0n) is 9.31. The number of nitrogens with one attached hydrogen (secondary N) is 1. The number of pyridine rings is 1. The summed E-state index contributed by atoms with van der Waals surface area (Å²) >= 11 is 0. The second-order valence-electron chi connectivity index (χ2n) is 3.53. The van der Waals surface area contributed by atoms with E-state index in [9.17, 15) is 4.39 Å². The average molecular weight is 233 g/mol. The number of nitrogens with zero attached hydrogens (tertiary/aromatic N) is 3. The van der Waals surface area contributed by atoms with Crippen molar-refractivity contribution in [2.24, 2.45) is 5.84 Å². The van der Waals surface area contributed by atoms with Gasteiger partial charge in [-0.15, -0.1) is 0 Å². The fourth-order valence-corrected chi connectivity index (χ4v) is 1.46. The Hall–Kier alpha value is -2.08. The molecule has 0 saturated heterocycles. The molecule has 0 saturated carbocycles. The summed E-state index contributed by atoms with van der Waals surface area (Å²) in [5, 5.41) is 0. The summed E-state index contributed by atoms with van der Waals surface area (Å²) in [4.78, 5) is 12.2. The summed E-state index contributed by atoms with van der Waals surface area (Å²) in [5.41, 5.74) is 3.30. The van der Waals surface area contributed by atoms with Crippen LogP contribution < -0.4 is 11.3 Å². The summed E-state index contributed by atoms with van der Waals surface area (Å²) in [6, 6.07) is 5.56. The largest absolute Gasteiger partial charge is 0.306 e. The van der Waals surface area contributed by atoms with E-state index >= 15 is 0 Å². The molecule has 0 aliphatic heterocycles. The molecule has 0 spiro atoms.